The molecule has 0 spiro atoms. The van der Waals surface area contributed by atoms with Crippen LogP contribution < -0.4 is 10.6 Å². The second-order valence-corrected chi connectivity index (χ2v) is 5.51. The van der Waals surface area contributed by atoms with Gasteiger partial charge in [0.05, 0.1) is 6.04 Å². The summed E-state index contributed by atoms with van der Waals surface area (Å²) in [6.07, 6.45) is 1.59. The number of nitrogens with one attached hydrogen (secondary N) is 2. The molecule has 1 saturated heterocycles. The number of rotatable bonds is 2. The van der Waals surface area contributed by atoms with Crippen LogP contribution in [0, 0.1) is 5.92 Å². The summed E-state index contributed by atoms with van der Waals surface area (Å²) in [7, 11) is 0. The van der Waals surface area contributed by atoms with Gasteiger partial charge in [0.25, 0.3) is 0 Å². The average Bonchev–Trinajstić information content (AvgIpc) is 2.85. The Morgan fingerprint density at radius 1 is 1.42 bits per heavy atom. The Morgan fingerprint density at radius 2 is 2.26 bits per heavy atom. The normalized spacial score (nSPS) is 29.4. The van der Waals surface area contributed by atoms with Crippen molar-refractivity contribution < 1.29 is 9.53 Å². The van der Waals surface area contributed by atoms with Crippen LogP contribution in [0.5, 0.6) is 0 Å². The van der Waals surface area contributed by atoms with Gasteiger partial charge in [-0.15, -0.1) is 0 Å². The molecule has 0 radical (unpaired) electrons. The number of anilines is 1. The minimum atomic E-state index is -0.267. The van der Waals surface area contributed by atoms with E-state index in [1.807, 2.05) is 12.1 Å². The molecule has 2 N–H and O–H groups in total. The van der Waals surface area contributed by atoms with Crippen LogP contribution in [0.25, 0.3) is 0 Å². The largest absolute Gasteiger partial charge is 0.383 e. The van der Waals surface area contributed by atoms with Gasteiger partial charge >= 0.3 is 0 Å². The van der Waals surface area contributed by atoms with E-state index in [9.17, 15) is 4.79 Å². The van der Waals surface area contributed by atoms with Crippen LogP contribution >= 0.6 is 0 Å². The monoisotopic (exact) mass is 260 g/mol. The summed E-state index contributed by atoms with van der Waals surface area (Å²) in [5, 5.41) is 6.47. The Labute approximate surface area is 113 Å². The van der Waals surface area contributed by atoms with Crippen molar-refractivity contribution in [3.05, 3.63) is 29.8 Å². The predicted molar refractivity (Wildman–Crippen MR) is 74.1 cm³/mol. The van der Waals surface area contributed by atoms with Crippen molar-refractivity contribution in [1.29, 1.82) is 0 Å². The molecule has 3 unspecified atom stereocenters. The number of carbonyl (C=O) groups is 1. The summed E-state index contributed by atoms with van der Waals surface area (Å²) in [4.78, 5) is 12.2. The zero-order valence-corrected chi connectivity index (χ0v) is 11.2. The standard InChI is InChI=1S/C15H20N2O2/c1-10-6-7-19-14(10)15(18)17-12-8-11-4-2-3-5-13(11)16-9-12/h2-5,10,12,14,16H,6-9H2,1H3,(H,17,18). The molecular weight excluding hydrogens is 240 g/mol. The SMILES string of the molecule is CC1CCOC1C(=O)NC1CNc2ccccc2C1. The van der Waals surface area contributed by atoms with Gasteiger partial charge in [0, 0.05) is 18.8 Å². The lowest BCUT2D eigenvalue weighted by atomic mass is 9.98. The molecule has 4 nitrogen and oxygen atoms in total. The van der Waals surface area contributed by atoms with Gasteiger partial charge in [-0.05, 0) is 30.4 Å². The highest BCUT2D eigenvalue weighted by atomic mass is 16.5. The van der Waals surface area contributed by atoms with Crippen molar-refractivity contribution in [3.63, 3.8) is 0 Å². The molecule has 1 fully saturated rings. The minimum Gasteiger partial charge on any atom is -0.383 e. The van der Waals surface area contributed by atoms with E-state index in [0.29, 0.717) is 12.5 Å². The number of benzene rings is 1. The van der Waals surface area contributed by atoms with E-state index >= 15 is 0 Å². The van der Waals surface area contributed by atoms with Crippen molar-refractivity contribution in [2.75, 3.05) is 18.5 Å². The molecule has 3 atom stereocenters. The lowest BCUT2D eigenvalue weighted by molar-refractivity contribution is -0.132. The third-order valence-corrected chi connectivity index (χ3v) is 4.01. The van der Waals surface area contributed by atoms with Gasteiger partial charge in [0.2, 0.25) is 5.91 Å². The molecule has 0 bridgehead atoms. The molecule has 2 aliphatic rings. The first kappa shape index (κ1) is 12.5. The van der Waals surface area contributed by atoms with E-state index in [-0.39, 0.29) is 18.1 Å². The van der Waals surface area contributed by atoms with Gasteiger partial charge in [0.1, 0.15) is 6.10 Å². The topological polar surface area (TPSA) is 50.4 Å². The first-order valence-electron chi connectivity index (χ1n) is 6.98. The number of carbonyl (C=O) groups excluding carboxylic acids is 1. The lowest BCUT2D eigenvalue weighted by Crippen LogP contribution is -2.48. The van der Waals surface area contributed by atoms with Crippen LogP contribution in [0.1, 0.15) is 18.9 Å². The molecule has 19 heavy (non-hydrogen) atoms. The van der Waals surface area contributed by atoms with E-state index in [2.05, 4.69) is 29.7 Å². The molecule has 3 rings (SSSR count). The third kappa shape index (κ3) is 2.59. The summed E-state index contributed by atoms with van der Waals surface area (Å²) in [6.45, 7) is 3.56. The van der Waals surface area contributed by atoms with Crippen LogP contribution in [-0.2, 0) is 16.0 Å². The van der Waals surface area contributed by atoms with Crippen LogP contribution in [0.3, 0.4) is 0 Å². The fraction of sp³-hybridized carbons (Fsp3) is 0.533. The first-order valence-corrected chi connectivity index (χ1v) is 6.98. The molecular formula is C15H20N2O2. The molecule has 102 valence electrons. The Kier molecular flexibility index (Phi) is 3.42. The highest BCUT2D eigenvalue weighted by Crippen LogP contribution is 2.23. The van der Waals surface area contributed by atoms with Gasteiger partial charge in [-0.3, -0.25) is 4.79 Å². The van der Waals surface area contributed by atoms with E-state index in [0.717, 1.165) is 19.4 Å². The van der Waals surface area contributed by atoms with Crippen molar-refractivity contribution in [3.8, 4) is 0 Å². The van der Waals surface area contributed by atoms with Crippen LogP contribution in [0.15, 0.2) is 24.3 Å². The summed E-state index contributed by atoms with van der Waals surface area (Å²) in [5.41, 5.74) is 2.44. The van der Waals surface area contributed by atoms with Crippen LogP contribution in [0.4, 0.5) is 5.69 Å². The molecule has 4 heteroatoms. The van der Waals surface area contributed by atoms with E-state index in [1.54, 1.807) is 0 Å². The predicted octanol–water partition coefficient (Wildman–Crippen LogP) is 1.56. The van der Waals surface area contributed by atoms with Gasteiger partial charge in [-0.2, -0.15) is 0 Å². The van der Waals surface area contributed by atoms with Gasteiger partial charge in [-0.1, -0.05) is 25.1 Å². The second-order valence-electron chi connectivity index (χ2n) is 5.51. The van der Waals surface area contributed by atoms with E-state index in [1.165, 1.54) is 11.3 Å². The summed E-state index contributed by atoms with van der Waals surface area (Å²) in [6, 6.07) is 8.40. The van der Waals surface area contributed by atoms with Crippen LogP contribution in [0.2, 0.25) is 0 Å². The number of hydrogen-bond acceptors (Lipinski definition) is 3. The zero-order valence-electron chi connectivity index (χ0n) is 11.2. The van der Waals surface area contributed by atoms with Crippen molar-refractivity contribution in [2.24, 2.45) is 5.92 Å². The highest BCUT2D eigenvalue weighted by molar-refractivity contribution is 5.81. The number of fused-ring (bicyclic) bond motifs is 1. The van der Waals surface area contributed by atoms with Gasteiger partial charge in [-0.25, -0.2) is 0 Å². The van der Waals surface area contributed by atoms with Gasteiger partial charge < -0.3 is 15.4 Å². The molecule has 1 aromatic carbocycles. The fourth-order valence-electron chi connectivity index (χ4n) is 2.86. The van der Waals surface area contributed by atoms with E-state index in [4.69, 9.17) is 4.74 Å². The first-order chi connectivity index (χ1) is 9.24. The summed E-state index contributed by atoms with van der Waals surface area (Å²) in [5.74, 6) is 0.361. The Morgan fingerprint density at radius 3 is 3.05 bits per heavy atom. The van der Waals surface area contributed by atoms with E-state index < -0.39 is 0 Å². The minimum absolute atomic E-state index is 0.0381. The fourth-order valence-corrected chi connectivity index (χ4v) is 2.86. The lowest BCUT2D eigenvalue weighted by Gasteiger charge is -2.28. The number of amides is 1. The maximum atomic E-state index is 12.2. The smallest absolute Gasteiger partial charge is 0.249 e. The van der Waals surface area contributed by atoms with Crippen molar-refractivity contribution in [1.82, 2.24) is 5.32 Å². The third-order valence-electron chi connectivity index (χ3n) is 4.01. The molecule has 2 aliphatic heterocycles. The summed E-state index contributed by atoms with van der Waals surface area (Å²) >= 11 is 0. The average molecular weight is 260 g/mol. The Bertz CT molecular complexity index is 475. The molecule has 1 amide bonds. The number of hydrogen-bond donors (Lipinski definition) is 2. The molecule has 0 aliphatic carbocycles. The molecule has 0 aromatic heterocycles. The maximum absolute atomic E-state index is 12.2. The zero-order chi connectivity index (χ0) is 13.2. The highest BCUT2D eigenvalue weighted by Gasteiger charge is 2.32. The summed E-state index contributed by atoms with van der Waals surface area (Å²) < 4.78 is 5.51. The molecule has 1 aromatic rings. The number of para-hydroxylation sites is 1. The van der Waals surface area contributed by atoms with Gasteiger partial charge in [0.15, 0.2) is 0 Å². The Balaban J connectivity index is 1.61. The van der Waals surface area contributed by atoms with Crippen molar-refractivity contribution >= 4 is 11.6 Å². The quantitative estimate of drug-likeness (QED) is 0.848. The maximum Gasteiger partial charge on any atom is 0.249 e. The second kappa shape index (κ2) is 5.21. The van der Waals surface area contributed by atoms with Crippen molar-refractivity contribution in [2.45, 2.75) is 31.9 Å². The number of ether oxygens (including phenoxy) is 1. The Hall–Kier alpha value is -1.55. The molecule has 0 saturated carbocycles. The van der Waals surface area contributed by atoms with Crippen LogP contribution in [-0.4, -0.2) is 31.2 Å². The molecule has 2 heterocycles.